The quantitative estimate of drug-likeness (QED) is 0.531. The maximum Gasteiger partial charge on any atom is 0.264 e. The van der Waals surface area contributed by atoms with Gasteiger partial charge in [0.05, 0.1) is 23.1 Å². The topological polar surface area (TPSA) is 74.2 Å². The number of nitrogens with zero attached hydrogens (tertiary/aromatic N) is 3. The SMILES string of the molecule is C[C@@H]1CCC[C@H](n2cnc(-c3c(C(F)F)ccc(Cl)c3F)cc2=O)C2CC(CCN2)C2C(CNN2C)NC1. The summed E-state index contributed by atoms with van der Waals surface area (Å²) in [6.45, 7) is 4.95. The van der Waals surface area contributed by atoms with Gasteiger partial charge in [0, 0.05) is 48.9 Å². The molecule has 11 heteroatoms. The molecule has 0 aliphatic carbocycles. The lowest BCUT2D eigenvalue weighted by Crippen LogP contribution is -2.54. The number of benzene rings is 1. The summed E-state index contributed by atoms with van der Waals surface area (Å²) in [7, 11) is 2.10. The normalized spacial score (nSPS) is 31.0. The minimum atomic E-state index is -2.93. The van der Waals surface area contributed by atoms with Crippen LogP contribution in [-0.2, 0) is 0 Å². The standard InChI is InChI=1S/C27H36ClF3N6O/c1-15-4-3-5-22(19-10-16(8-9-32-19)26-21(33-12-15)13-35-36(26)2)37-14-34-20(11-23(37)38)24-17(27(30)31)6-7-18(28)25(24)29/h6-7,11,14-16,19,21-22,26-27,32-33,35H,3-5,8-10,12-13H2,1-2H3/t15-,16?,19?,21?,22+,26?/m1/s1. The van der Waals surface area contributed by atoms with Crippen molar-refractivity contribution in [1.82, 2.24) is 30.6 Å². The highest BCUT2D eigenvalue weighted by molar-refractivity contribution is 6.31. The van der Waals surface area contributed by atoms with Crippen molar-refractivity contribution in [2.24, 2.45) is 11.8 Å². The number of likely N-dealkylation sites (N-methyl/N-ethyl adjacent to an activating group) is 1. The number of fused-ring (bicyclic) bond motifs is 4. The number of hydrogen-bond donors (Lipinski definition) is 3. The van der Waals surface area contributed by atoms with E-state index in [1.54, 1.807) is 4.57 Å². The third kappa shape index (κ3) is 5.51. The molecule has 0 amide bonds. The first-order valence-corrected chi connectivity index (χ1v) is 13.9. The molecular weight excluding hydrogens is 517 g/mol. The van der Waals surface area contributed by atoms with Gasteiger partial charge in [0.2, 0.25) is 0 Å². The number of halogens is 4. The van der Waals surface area contributed by atoms with Crippen LogP contribution in [0.4, 0.5) is 13.2 Å². The third-order valence-corrected chi connectivity index (χ3v) is 8.87. The van der Waals surface area contributed by atoms with Crippen molar-refractivity contribution in [3.63, 3.8) is 0 Å². The number of nitrogens with one attached hydrogen (secondary N) is 3. The molecule has 1 aromatic heterocycles. The number of hydrogen-bond acceptors (Lipinski definition) is 6. The molecule has 4 heterocycles. The summed E-state index contributed by atoms with van der Waals surface area (Å²) < 4.78 is 43.8. The fourth-order valence-corrected chi connectivity index (χ4v) is 6.79. The maximum atomic E-state index is 14.9. The van der Waals surface area contributed by atoms with Crippen molar-refractivity contribution in [3.8, 4) is 11.3 Å². The van der Waals surface area contributed by atoms with Gasteiger partial charge in [-0.05, 0) is 56.7 Å². The molecule has 38 heavy (non-hydrogen) atoms. The van der Waals surface area contributed by atoms with Crippen LogP contribution in [0, 0.1) is 17.7 Å². The summed E-state index contributed by atoms with van der Waals surface area (Å²) in [4.78, 5) is 17.8. The fraction of sp³-hybridized carbons (Fsp3) is 0.630. The van der Waals surface area contributed by atoms with Crippen LogP contribution in [0.3, 0.4) is 0 Å². The Bertz CT molecular complexity index is 1200. The van der Waals surface area contributed by atoms with Gasteiger partial charge in [-0.15, -0.1) is 0 Å². The molecule has 1 aromatic carbocycles. The van der Waals surface area contributed by atoms with Gasteiger partial charge in [-0.2, -0.15) is 0 Å². The lowest BCUT2D eigenvalue weighted by molar-refractivity contribution is 0.108. The van der Waals surface area contributed by atoms with Crippen LogP contribution in [0.5, 0.6) is 0 Å². The van der Waals surface area contributed by atoms with Gasteiger partial charge in [0.25, 0.3) is 12.0 Å². The number of hydrazine groups is 1. The van der Waals surface area contributed by atoms with E-state index in [4.69, 9.17) is 11.6 Å². The lowest BCUT2D eigenvalue weighted by atomic mass is 9.80. The van der Waals surface area contributed by atoms with E-state index < -0.39 is 23.4 Å². The first-order chi connectivity index (χ1) is 18.2. The van der Waals surface area contributed by atoms with E-state index in [0.29, 0.717) is 23.9 Å². The van der Waals surface area contributed by atoms with Gasteiger partial charge in [0.1, 0.15) is 0 Å². The summed E-state index contributed by atoms with van der Waals surface area (Å²) in [5.41, 5.74) is 2.02. The Hall–Kier alpha value is -1.98. The summed E-state index contributed by atoms with van der Waals surface area (Å²) in [6, 6.07) is 3.96. The average Bonchev–Trinajstić information content (AvgIpc) is 3.26. The van der Waals surface area contributed by atoms with Gasteiger partial charge in [-0.25, -0.2) is 23.2 Å². The number of rotatable bonds is 3. The average molecular weight is 553 g/mol. The van der Waals surface area contributed by atoms with E-state index in [2.05, 4.69) is 40.0 Å². The second-order valence-electron chi connectivity index (χ2n) is 11.1. The Morgan fingerprint density at radius 1 is 1.13 bits per heavy atom. The fourth-order valence-electron chi connectivity index (χ4n) is 6.63. The van der Waals surface area contributed by atoms with Crippen LogP contribution in [0.25, 0.3) is 11.3 Å². The first-order valence-electron chi connectivity index (χ1n) is 13.5. The summed E-state index contributed by atoms with van der Waals surface area (Å²) in [6.07, 6.45) is 3.16. The smallest absolute Gasteiger partial charge is 0.264 e. The summed E-state index contributed by atoms with van der Waals surface area (Å²) >= 11 is 5.89. The number of piperidine rings is 1. The molecule has 0 radical (unpaired) electrons. The Labute approximate surface area is 226 Å². The van der Waals surface area contributed by atoms with E-state index in [0.717, 1.165) is 69.9 Å². The van der Waals surface area contributed by atoms with Crippen molar-refractivity contribution in [3.05, 3.63) is 51.3 Å². The second-order valence-corrected chi connectivity index (χ2v) is 11.5. The Balaban J connectivity index is 1.49. The van der Waals surface area contributed by atoms with E-state index >= 15 is 0 Å². The molecule has 7 nitrogen and oxygen atoms in total. The van der Waals surface area contributed by atoms with Gasteiger partial charge in [0.15, 0.2) is 5.82 Å². The Kier molecular flexibility index (Phi) is 8.45. The van der Waals surface area contributed by atoms with Crippen LogP contribution in [0.1, 0.15) is 57.1 Å². The predicted molar refractivity (Wildman–Crippen MR) is 142 cm³/mol. The molecule has 5 rings (SSSR count). The Morgan fingerprint density at radius 3 is 2.71 bits per heavy atom. The van der Waals surface area contributed by atoms with Gasteiger partial charge >= 0.3 is 0 Å². The van der Waals surface area contributed by atoms with Crippen molar-refractivity contribution in [1.29, 1.82) is 0 Å². The monoisotopic (exact) mass is 552 g/mol. The lowest BCUT2D eigenvalue weighted by Gasteiger charge is -2.42. The van der Waals surface area contributed by atoms with E-state index in [1.807, 2.05) is 0 Å². The van der Waals surface area contributed by atoms with Crippen LogP contribution in [0.2, 0.25) is 5.02 Å². The number of aromatic nitrogens is 2. The molecule has 4 unspecified atom stereocenters. The molecule has 2 bridgehead atoms. The molecule has 3 saturated heterocycles. The minimum Gasteiger partial charge on any atom is -0.312 e. The van der Waals surface area contributed by atoms with Crippen LogP contribution in [0.15, 0.2) is 29.3 Å². The zero-order valence-electron chi connectivity index (χ0n) is 21.8. The van der Waals surface area contributed by atoms with Crippen LogP contribution in [-0.4, -0.2) is 59.4 Å². The summed E-state index contributed by atoms with van der Waals surface area (Å²) in [5.74, 6) is -0.0679. The van der Waals surface area contributed by atoms with Crippen LogP contribution >= 0.6 is 11.6 Å². The molecule has 3 fully saturated rings. The maximum absolute atomic E-state index is 14.9. The highest BCUT2D eigenvalue weighted by Crippen LogP contribution is 2.36. The van der Waals surface area contributed by atoms with Crippen molar-refractivity contribution < 1.29 is 13.2 Å². The molecular formula is C27H36ClF3N6O. The van der Waals surface area contributed by atoms with E-state index in [1.165, 1.54) is 6.33 Å². The zero-order valence-corrected chi connectivity index (χ0v) is 22.5. The molecule has 208 valence electrons. The minimum absolute atomic E-state index is 0.0583. The molecule has 0 spiro atoms. The largest absolute Gasteiger partial charge is 0.312 e. The predicted octanol–water partition coefficient (Wildman–Crippen LogP) is 4.15. The molecule has 3 aliphatic heterocycles. The Morgan fingerprint density at radius 2 is 1.95 bits per heavy atom. The van der Waals surface area contributed by atoms with E-state index in [-0.39, 0.29) is 28.4 Å². The van der Waals surface area contributed by atoms with Gasteiger partial charge < -0.3 is 10.6 Å². The molecule has 6 atom stereocenters. The van der Waals surface area contributed by atoms with Crippen molar-refractivity contribution in [2.75, 3.05) is 26.7 Å². The molecule has 0 saturated carbocycles. The first kappa shape index (κ1) is 27.6. The van der Waals surface area contributed by atoms with E-state index in [9.17, 15) is 18.0 Å². The summed E-state index contributed by atoms with van der Waals surface area (Å²) in [5, 5.41) is 9.39. The second kappa shape index (κ2) is 11.6. The van der Waals surface area contributed by atoms with Gasteiger partial charge in [-0.3, -0.25) is 14.8 Å². The molecule has 3 N–H and O–H groups in total. The highest BCUT2D eigenvalue weighted by Gasteiger charge is 2.41. The van der Waals surface area contributed by atoms with Gasteiger partial charge in [-0.1, -0.05) is 31.0 Å². The third-order valence-electron chi connectivity index (χ3n) is 8.58. The number of alkyl halides is 2. The molecule has 2 aromatic rings. The highest BCUT2D eigenvalue weighted by atomic mass is 35.5. The van der Waals surface area contributed by atoms with Crippen molar-refractivity contribution >= 4 is 11.6 Å². The van der Waals surface area contributed by atoms with Crippen molar-refractivity contribution in [2.45, 2.75) is 69.6 Å². The zero-order chi connectivity index (χ0) is 27.0. The van der Waals surface area contributed by atoms with Crippen LogP contribution < -0.4 is 21.6 Å². The molecule has 3 aliphatic rings.